The molecule has 2 aromatic carbocycles. The first kappa shape index (κ1) is 16.1. The molecule has 26 heavy (non-hydrogen) atoms. The molecule has 0 aliphatic heterocycles. The Morgan fingerprint density at radius 1 is 1.23 bits per heavy atom. The van der Waals surface area contributed by atoms with Crippen LogP contribution in [0.3, 0.4) is 0 Å². The lowest BCUT2D eigenvalue weighted by atomic mass is 10.2. The van der Waals surface area contributed by atoms with Crippen LogP contribution in [0.5, 0.6) is 0 Å². The zero-order chi connectivity index (χ0) is 18.3. The highest BCUT2D eigenvalue weighted by atomic mass is 19.1. The van der Waals surface area contributed by atoms with Crippen LogP contribution in [0.25, 0.3) is 22.1 Å². The zero-order valence-corrected chi connectivity index (χ0v) is 14.1. The van der Waals surface area contributed by atoms with Crippen molar-refractivity contribution in [3.8, 4) is 0 Å². The van der Waals surface area contributed by atoms with Crippen molar-refractivity contribution in [3.63, 3.8) is 0 Å². The number of halogens is 1. The molecule has 2 aromatic heterocycles. The normalized spacial score (nSPS) is 11.2. The van der Waals surface area contributed by atoms with Gasteiger partial charge in [-0.15, -0.1) is 0 Å². The second-order valence-electron chi connectivity index (χ2n) is 5.67. The average Bonchev–Trinajstić information content (AvgIpc) is 3.15. The van der Waals surface area contributed by atoms with E-state index in [4.69, 9.17) is 9.15 Å². The fourth-order valence-electron chi connectivity index (χ4n) is 2.70. The first-order valence-corrected chi connectivity index (χ1v) is 8.02. The Morgan fingerprint density at radius 3 is 2.88 bits per heavy atom. The van der Waals surface area contributed by atoms with Gasteiger partial charge in [0.2, 0.25) is 5.95 Å². The van der Waals surface area contributed by atoms with Gasteiger partial charge in [0.05, 0.1) is 23.2 Å². The van der Waals surface area contributed by atoms with Gasteiger partial charge in [-0.1, -0.05) is 0 Å². The number of aryl methyl sites for hydroxylation is 1. The Kier molecular flexibility index (Phi) is 3.80. The van der Waals surface area contributed by atoms with Crippen molar-refractivity contribution < 1.29 is 18.3 Å². The Bertz CT molecular complexity index is 1130. The molecule has 0 saturated heterocycles. The molecule has 0 fully saturated rings. The second kappa shape index (κ2) is 6.14. The SMILES string of the molecule is CCOC(=O)c1ccc2c(c1)nc(Nc1nc3cc(F)ccc3o1)n2C. The van der Waals surface area contributed by atoms with E-state index in [-0.39, 0.29) is 11.8 Å². The number of aromatic nitrogens is 3. The molecule has 0 unspecified atom stereocenters. The number of rotatable bonds is 4. The van der Waals surface area contributed by atoms with E-state index < -0.39 is 5.97 Å². The van der Waals surface area contributed by atoms with Crippen molar-refractivity contribution in [3.05, 3.63) is 47.8 Å². The van der Waals surface area contributed by atoms with Crippen molar-refractivity contribution in [1.82, 2.24) is 14.5 Å². The lowest BCUT2D eigenvalue weighted by molar-refractivity contribution is 0.0526. The number of ether oxygens (including phenoxy) is 1. The van der Waals surface area contributed by atoms with Gasteiger partial charge in [-0.2, -0.15) is 4.98 Å². The van der Waals surface area contributed by atoms with E-state index in [0.717, 1.165) is 5.52 Å². The van der Waals surface area contributed by atoms with E-state index in [1.54, 1.807) is 29.7 Å². The third-order valence-corrected chi connectivity index (χ3v) is 3.96. The quantitative estimate of drug-likeness (QED) is 0.562. The number of imidazole rings is 1. The van der Waals surface area contributed by atoms with Gasteiger partial charge in [0, 0.05) is 13.1 Å². The number of carbonyl (C=O) groups is 1. The topological polar surface area (TPSA) is 82.2 Å². The van der Waals surface area contributed by atoms with Crippen LogP contribution in [0.2, 0.25) is 0 Å². The molecule has 8 heteroatoms. The minimum absolute atomic E-state index is 0.203. The number of esters is 1. The lowest BCUT2D eigenvalue weighted by Crippen LogP contribution is -2.04. The van der Waals surface area contributed by atoms with Crippen molar-refractivity contribution in [2.75, 3.05) is 11.9 Å². The van der Waals surface area contributed by atoms with Crippen LogP contribution >= 0.6 is 0 Å². The summed E-state index contributed by atoms with van der Waals surface area (Å²) in [5, 5.41) is 2.98. The van der Waals surface area contributed by atoms with Crippen LogP contribution < -0.4 is 5.32 Å². The summed E-state index contributed by atoms with van der Waals surface area (Å²) in [6, 6.07) is 9.47. The van der Waals surface area contributed by atoms with E-state index >= 15 is 0 Å². The molecule has 0 saturated carbocycles. The van der Waals surface area contributed by atoms with E-state index in [1.807, 2.05) is 7.05 Å². The number of nitrogens with zero attached hydrogens (tertiary/aromatic N) is 3. The zero-order valence-electron chi connectivity index (χ0n) is 14.1. The van der Waals surface area contributed by atoms with Gasteiger partial charge in [0.15, 0.2) is 5.58 Å². The Morgan fingerprint density at radius 2 is 2.08 bits per heavy atom. The minimum atomic E-state index is -0.393. The van der Waals surface area contributed by atoms with Crippen LogP contribution in [0.15, 0.2) is 40.8 Å². The van der Waals surface area contributed by atoms with Crippen LogP contribution in [0.4, 0.5) is 16.4 Å². The first-order chi connectivity index (χ1) is 12.5. The maximum atomic E-state index is 13.3. The fraction of sp³-hybridized carbons (Fsp3) is 0.167. The highest BCUT2D eigenvalue weighted by Gasteiger charge is 2.14. The Hall–Kier alpha value is -3.42. The number of anilines is 2. The molecule has 0 radical (unpaired) electrons. The molecule has 0 spiro atoms. The summed E-state index contributed by atoms with van der Waals surface area (Å²) in [5.74, 6) is -0.296. The summed E-state index contributed by atoms with van der Waals surface area (Å²) in [6.07, 6.45) is 0. The van der Waals surface area contributed by atoms with Crippen molar-refractivity contribution >= 4 is 40.1 Å². The highest BCUT2D eigenvalue weighted by Crippen LogP contribution is 2.25. The van der Waals surface area contributed by atoms with Gasteiger partial charge in [-0.05, 0) is 37.3 Å². The summed E-state index contributed by atoms with van der Waals surface area (Å²) in [6.45, 7) is 2.07. The number of carbonyl (C=O) groups excluding carboxylic acids is 1. The fourth-order valence-corrected chi connectivity index (χ4v) is 2.70. The van der Waals surface area contributed by atoms with Gasteiger partial charge in [-0.3, -0.25) is 5.32 Å². The van der Waals surface area contributed by atoms with Crippen molar-refractivity contribution in [2.45, 2.75) is 6.92 Å². The number of hydrogen-bond acceptors (Lipinski definition) is 6. The molecule has 0 aliphatic rings. The molecule has 0 aliphatic carbocycles. The van der Waals surface area contributed by atoms with Crippen LogP contribution in [0.1, 0.15) is 17.3 Å². The summed E-state index contributed by atoms with van der Waals surface area (Å²) in [4.78, 5) is 20.5. The predicted octanol–water partition coefficient (Wildman–Crippen LogP) is 3.77. The molecule has 0 bridgehead atoms. The summed E-state index contributed by atoms with van der Waals surface area (Å²) >= 11 is 0. The van der Waals surface area contributed by atoms with E-state index in [2.05, 4.69) is 15.3 Å². The minimum Gasteiger partial charge on any atom is -0.462 e. The monoisotopic (exact) mass is 354 g/mol. The molecule has 7 nitrogen and oxygen atoms in total. The third-order valence-electron chi connectivity index (χ3n) is 3.96. The highest BCUT2D eigenvalue weighted by molar-refractivity contribution is 5.94. The smallest absolute Gasteiger partial charge is 0.338 e. The first-order valence-electron chi connectivity index (χ1n) is 8.02. The van der Waals surface area contributed by atoms with E-state index in [0.29, 0.717) is 34.7 Å². The number of fused-ring (bicyclic) bond motifs is 2. The molecular formula is C18H15FN4O3. The molecule has 0 atom stereocenters. The molecule has 4 aromatic rings. The number of nitrogens with one attached hydrogen (secondary N) is 1. The van der Waals surface area contributed by atoms with Crippen molar-refractivity contribution in [1.29, 1.82) is 0 Å². The third kappa shape index (κ3) is 2.75. The van der Waals surface area contributed by atoms with Crippen LogP contribution in [0, 0.1) is 5.82 Å². The van der Waals surface area contributed by atoms with Gasteiger partial charge in [0.1, 0.15) is 11.3 Å². The number of oxazole rings is 1. The van der Waals surface area contributed by atoms with Crippen LogP contribution in [-0.4, -0.2) is 27.1 Å². The number of benzene rings is 2. The molecule has 0 amide bonds. The Balaban J connectivity index is 1.69. The van der Waals surface area contributed by atoms with Crippen molar-refractivity contribution in [2.24, 2.45) is 7.05 Å². The molecule has 1 N–H and O–H groups in total. The molecule has 132 valence electrons. The summed E-state index contributed by atoms with van der Waals surface area (Å²) < 4.78 is 25.6. The Labute approximate surface area is 147 Å². The number of hydrogen-bond donors (Lipinski definition) is 1. The molecule has 4 rings (SSSR count). The molecule has 2 heterocycles. The van der Waals surface area contributed by atoms with Gasteiger partial charge >= 0.3 is 12.0 Å². The van der Waals surface area contributed by atoms with E-state index in [9.17, 15) is 9.18 Å². The average molecular weight is 354 g/mol. The maximum Gasteiger partial charge on any atom is 0.338 e. The van der Waals surface area contributed by atoms with Gasteiger partial charge in [0.25, 0.3) is 0 Å². The van der Waals surface area contributed by atoms with Gasteiger partial charge < -0.3 is 13.7 Å². The van der Waals surface area contributed by atoms with Crippen LogP contribution in [-0.2, 0) is 11.8 Å². The molecular weight excluding hydrogens is 339 g/mol. The maximum absolute atomic E-state index is 13.3. The second-order valence-corrected chi connectivity index (χ2v) is 5.67. The van der Waals surface area contributed by atoms with E-state index in [1.165, 1.54) is 18.2 Å². The predicted molar refractivity (Wildman–Crippen MR) is 93.9 cm³/mol. The largest absolute Gasteiger partial charge is 0.462 e. The standard InChI is InChI=1S/C18H15FN4O3/c1-3-25-16(24)10-4-6-14-12(8-10)20-17(23(14)2)22-18-21-13-9-11(19)5-7-15(13)26-18/h4-9H,3H2,1-2H3,(H,20,21,22). The summed E-state index contributed by atoms with van der Waals surface area (Å²) in [7, 11) is 1.82. The summed E-state index contributed by atoms with van der Waals surface area (Å²) in [5.41, 5.74) is 2.76. The lowest BCUT2D eigenvalue weighted by Gasteiger charge is -2.02. The van der Waals surface area contributed by atoms with Gasteiger partial charge in [-0.25, -0.2) is 14.2 Å².